The van der Waals surface area contributed by atoms with E-state index in [0.29, 0.717) is 16.7 Å². The number of aliphatic hydroxyl groups excluding tert-OH is 1. The van der Waals surface area contributed by atoms with Crippen LogP contribution in [-0.4, -0.2) is 35.3 Å². The molecule has 1 aliphatic heterocycles. The highest BCUT2D eigenvalue weighted by Crippen LogP contribution is 2.36. The maximum Gasteiger partial charge on any atom is 0.405 e. The minimum Gasteiger partial charge on any atom is -0.461 e. The highest BCUT2D eigenvalue weighted by atomic mass is 16.7. The van der Waals surface area contributed by atoms with Gasteiger partial charge in [-0.25, -0.2) is 9.59 Å². The van der Waals surface area contributed by atoms with Gasteiger partial charge >= 0.3 is 11.7 Å². The number of carbonyl (C=O) groups excluding carboxylic acids is 1. The SMILES string of the molecule is C[C@@H]1[C@@H](O)[C@H](OC(N)=O)C(Oc2ccc3oc(=O)ccc3c2)OC1(C)C. The van der Waals surface area contributed by atoms with Crippen LogP contribution in [0, 0.1) is 5.92 Å². The van der Waals surface area contributed by atoms with Crippen molar-refractivity contribution >= 4 is 17.1 Å². The summed E-state index contributed by atoms with van der Waals surface area (Å²) in [7, 11) is 0. The Morgan fingerprint density at radius 1 is 1.27 bits per heavy atom. The molecule has 3 rings (SSSR count). The third-order valence-electron chi connectivity index (χ3n) is 4.73. The molecular weight excluding hydrogens is 342 g/mol. The Hall–Kier alpha value is -2.58. The number of carbonyl (C=O) groups is 1. The van der Waals surface area contributed by atoms with Crippen molar-refractivity contribution in [3.63, 3.8) is 0 Å². The Labute approximate surface area is 149 Å². The summed E-state index contributed by atoms with van der Waals surface area (Å²) < 4.78 is 21.9. The zero-order valence-electron chi connectivity index (χ0n) is 14.7. The van der Waals surface area contributed by atoms with Crippen LogP contribution in [0.25, 0.3) is 11.0 Å². The molecule has 0 bridgehead atoms. The fourth-order valence-electron chi connectivity index (χ4n) is 2.94. The summed E-state index contributed by atoms with van der Waals surface area (Å²) in [6, 6.07) is 7.74. The Kier molecular flexibility index (Phi) is 4.64. The topological polar surface area (TPSA) is 121 Å². The fraction of sp³-hybridized carbons (Fsp3) is 0.444. The molecule has 0 saturated carbocycles. The van der Waals surface area contributed by atoms with Crippen LogP contribution in [0.15, 0.2) is 39.5 Å². The smallest absolute Gasteiger partial charge is 0.405 e. The van der Waals surface area contributed by atoms with Gasteiger partial charge in [0.25, 0.3) is 0 Å². The van der Waals surface area contributed by atoms with Crippen molar-refractivity contribution < 1.29 is 28.5 Å². The lowest BCUT2D eigenvalue weighted by Gasteiger charge is -2.46. The first-order valence-corrected chi connectivity index (χ1v) is 8.20. The summed E-state index contributed by atoms with van der Waals surface area (Å²) in [4.78, 5) is 22.5. The van der Waals surface area contributed by atoms with E-state index in [1.54, 1.807) is 31.2 Å². The quantitative estimate of drug-likeness (QED) is 0.797. The molecule has 3 N–H and O–H groups in total. The minimum absolute atomic E-state index is 0.322. The highest BCUT2D eigenvalue weighted by molar-refractivity contribution is 5.77. The molecule has 2 heterocycles. The van der Waals surface area contributed by atoms with Gasteiger partial charge in [-0.3, -0.25) is 0 Å². The van der Waals surface area contributed by atoms with Crippen molar-refractivity contribution in [1.29, 1.82) is 0 Å². The van der Waals surface area contributed by atoms with Crippen molar-refractivity contribution in [2.45, 2.75) is 44.9 Å². The van der Waals surface area contributed by atoms with E-state index in [9.17, 15) is 14.7 Å². The van der Waals surface area contributed by atoms with Gasteiger partial charge in [-0.1, -0.05) is 6.92 Å². The first-order valence-electron chi connectivity index (χ1n) is 8.20. The van der Waals surface area contributed by atoms with Crippen LogP contribution in [0.4, 0.5) is 4.79 Å². The van der Waals surface area contributed by atoms with E-state index in [0.717, 1.165) is 0 Å². The van der Waals surface area contributed by atoms with Gasteiger partial charge in [-0.15, -0.1) is 0 Å². The minimum atomic E-state index is -1.08. The number of amides is 1. The van der Waals surface area contributed by atoms with Crippen molar-refractivity contribution in [2.75, 3.05) is 0 Å². The molecule has 2 aromatic rings. The van der Waals surface area contributed by atoms with Crippen LogP contribution < -0.4 is 16.1 Å². The molecule has 8 heteroatoms. The maximum atomic E-state index is 11.3. The maximum absolute atomic E-state index is 11.3. The van der Waals surface area contributed by atoms with E-state index in [1.807, 2.05) is 13.8 Å². The monoisotopic (exact) mass is 363 g/mol. The van der Waals surface area contributed by atoms with Gasteiger partial charge < -0.3 is 29.5 Å². The zero-order chi connectivity index (χ0) is 19.1. The van der Waals surface area contributed by atoms with E-state index < -0.39 is 35.8 Å². The number of hydrogen-bond acceptors (Lipinski definition) is 7. The van der Waals surface area contributed by atoms with Crippen LogP contribution in [0.2, 0.25) is 0 Å². The van der Waals surface area contributed by atoms with E-state index in [4.69, 9.17) is 24.4 Å². The van der Waals surface area contributed by atoms with Gasteiger partial charge in [-0.2, -0.15) is 0 Å². The number of ether oxygens (including phenoxy) is 3. The molecule has 1 unspecified atom stereocenters. The van der Waals surface area contributed by atoms with E-state index in [-0.39, 0.29) is 5.92 Å². The van der Waals surface area contributed by atoms with E-state index in [1.165, 1.54) is 6.07 Å². The van der Waals surface area contributed by atoms with E-state index in [2.05, 4.69) is 0 Å². The number of hydrogen-bond donors (Lipinski definition) is 2. The molecular formula is C18H21NO7. The lowest BCUT2D eigenvalue weighted by atomic mass is 9.82. The molecule has 140 valence electrons. The van der Waals surface area contributed by atoms with Crippen molar-refractivity contribution in [2.24, 2.45) is 11.7 Å². The molecule has 1 aliphatic rings. The molecule has 26 heavy (non-hydrogen) atoms. The average molecular weight is 363 g/mol. The lowest BCUT2D eigenvalue weighted by molar-refractivity contribution is -0.283. The summed E-state index contributed by atoms with van der Waals surface area (Å²) in [5.41, 5.74) is 4.36. The molecule has 1 saturated heterocycles. The zero-order valence-corrected chi connectivity index (χ0v) is 14.7. The second kappa shape index (κ2) is 6.62. The molecule has 0 spiro atoms. The first-order chi connectivity index (χ1) is 12.2. The standard InChI is InChI=1S/C18H21NO7/c1-9-14(21)15(25-17(19)22)16(26-18(9,2)3)23-11-5-6-12-10(8-11)4-7-13(20)24-12/h4-9,14-16,21H,1-3H3,(H2,19,22)/t9-,14-,15+,16?/m1/s1. The Morgan fingerprint density at radius 3 is 2.69 bits per heavy atom. The largest absolute Gasteiger partial charge is 0.461 e. The van der Waals surface area contributed by atoms with Crippen LogP contribution in [0.3, 0.4) is 0 Å². The number of fused-ring (bicyclic) bond motifs is 1. The van der Waals surface area contributed by atoms with Gasteiger partial charge in [0.1, 0.15) is 17.4 Å². The average Bonchev–Trinajstić information content (AvgIpc) is 2.56. The molecule has 1 fully saturated rings. The van der Waals surface area contributed by atoms with Gasteiger partial charge in [0, 0.05) is 17.4 Å². The molecule has 1 amide bonds. The third-order valence-corrected chi connectivity index (χ3v) is 4.73. The molecule has 0 aliphatic carbocycles. The van der Waals surface area contributed by atoms with Crippen molar-refractivity contribution in [1.82, 2.24) is 0 Å². The van der Waals surface area contributed by atoms with Gasteiger partial charge in [0.05, 0.1) is 5.60 Å². The number of rotatable bonds is 3. The van der Waals surface area contributed by atoms with Crippen molar-refractivity contribution in [3.05, 3.63) is 40.8 Å². The third kappa shape index (κ3) is 3.51. The van der Waals surface area contributed by atoms with Gasteiger partial charge in [0.2, 0.25) is 6.29 Å². The first kappa shape index (κ1) is 18.2. The van der Waals surface area contributed by atoms with Crippen LogP contribution in [0.1, 0.15) is 20.8 Å². The predicted molar refractivity (Wildman–Crippen MR) is 91.7 cm³/mol. The van der Waals surface area contributed by atoms with Crippen LogP contribution in [0.5, 0.6) is 5.75 Å². The summed E-state index contributed by atoms with van der Waals surface area (Å²) in [5.74, 6) is 0.0737. The fourth-order valence-corrected chi connectivity index (χ4v) is 2.94. The Morgan fingerprint density at radius 2 is 2.00 bits per heavy atom. The summed E-state index contributed by atoms with van der Waals surface area (Å²) >= 11 is 0. The number of benzene rings is 1. The molecule has 1 aromatic carbocycles. The predicted octanol–water partition coefficient (Wildman–Crippen LogP) is 1.77. The summed E-state index contributed by atoms with van der Waals surface area (Å²) in [6.45, 7) is 5.41. The van der Waals surface area contributed by atoms with Crippen LogP contribution in [-0.2, 0) is 9.47 Å². The molecule has 0 radical (unpaired) electrons. The van der Waals surface area contributed by atoms with Crippen molar-refractivity contribution in [3.8, 4) is 5.75 Å². The number of aliphatic hydroxyl groups is 1. The van der Waals surface area contributed by atoms with Gasteiger partial charge in [-0.05, 0) is 38.1 Å². The number of primary amides is 1. The van der Waals surface area contributed by atoms with E-state index >= 15 is 0 Å². The normalized spacial score (nSPS) is 27.8. The second-order valence-electron chi connectivity index (χ2n) is 6.84. The van der Waals surface area contributed by atoms with Crippen LogP contribution >= 0.6 is 0 Å². The van der Waals surface area contributed by atoms with Gasteiger partial charge in [0.15, 0.2) is 6.10 Å². The lowest BCUT2D eigenvalue weighted by Crippen LogP contribution is -2.61. The Balaban J connectivity index is 1.90. The second-order valence-corrected chi connectivity index (χ2v) is 6.84. The highest BCUT2D eigenvalue weighted by Gasteiger charge is 2.50. The summed E-state index contributed by atoms with van der Waals surface area (Å²) in [5, 5.41) is 11.2. The Bertz CT molecular complexity index is 875. The molecule has 1 aromatic heterocycles. The molecule has 8 nitrogen and oxygen atoms in total. The number of nitrogens with two attached hydrogens (primary N) is 1. The summed E-state index contributed by atoms with van der Waals surface area (Å²) in [6.07, 6.45) is -4.19. The molecule has 4 atom stereocenters.